The summed E-state index contributed by atoms with van der Waals surface area (Å²) in [5.41, 5.74) is 6.87. The molecule has 1 amide bonds. The van der Waals surface area contributed by atoms with Gasteiger partial charge in [-0.1, -0.05) is 13.0 Å². The van der Waals surface area contributed by atoms with Crippen molar-refractivity contribution < 1.29 is 9.18 Å². The second-order valence-corrected chi connectivity index (χ2v) is 6.00. The molecular formula is C16H25ClFN3O. The summed E-state index contributed by atoms with van der Waals surface area (Å²) in [7, 11) is 0. The Bertz CT molecular complexity index is 512. The van der Waals surface area contributed by atoms with Gasteiger partial charge in [0.05, 0.1) is 6.54 Å². The Kier molecular flexibility index (Phi) is 7.26. The fourth-order valence-corrected chi connectivity index (χ4v) is 2.81. The zero-order valence-corrected chi connectivity index (χ0v) is 14.0. The van der Waals surface area contributed by atoms with Crippen LogP contribution in [0.5, 0.6) is 0 Å². The number of piperidine rings is 1. The van der Waals surface area contributed by atoms with Crippen molar-refractivity contribution in [2.45, 2.75) is 32.7 Å². The zero-order chi connectivity index (χ0) is 15.4. The Hall–Kier alpha value is -1.17. The smallest absolute Gasteiger partial charge is 0.238 e. The number of carbonyl (C=O) groups excluding carboxylic acids is 1. The molecule has 1 saturated heterocycles. The summed E-state index contributed by atoms with van der Waals surface area (Å²) in [6.45, 7) is 5.68. The zero-order valence-electron chi connectivity index (χ0n) is 13.1. The number of aryl methyl sites for hydroxylation is 1. The topological polar surface area (TPSA) is 58.4 Å². The minimum absolute atomic E-state index is 0. The maximum absolute atomic E-state index is 13.5. The SMILES string of the molecule is Cc1ccc(NC(=O)CN2CCC(C)CC2CN)cc1F.Cl. The fourth-order valence-electron chi connectivity index (χ4n) is 2.81. The van der Waals surface area contributed by atoms with Crippen LogP contribution in [-0.4, -0.2) is 36.5 Å². The van der Waals surface area contributed by atoms with Gasteiger partial charge in [0.1, 0.15) is 5.82 Å². The first-order valence-corrected chi connectivity index (χ1v) is 7.49. The normalized spacial score (nSPS) is 22.0. The molecule has 6 heteroatoms. The summed E-state index contributed by atoms with van der Waals surface area (Å²) >= 11 is 0. The molecule has 1 aromatic rings. The molecule has 1 heterocycles. The number of nitrogens with zero attached hydrogens (tertiary/aromatic N) is 1. The summed E-state index contributed by atoms with van der Waals surface area (Å²) in [4.78, 5) is 14.2. The van der Waals surface area contributed by atoms with Crippen LogP contribution in [0.2, 0.25) is 0 Å². The minimum Gasteiger partial charge on any atom is -0.329 e. The third-order valence-corrected chi connectivity index (χ3v) is 4.17. The molecule has 1 aliphatic heterocycles. The first-order valence-electron chi connectivity index (χ1n) is 7.49. The van der Waals surface area contributed by atoms with E-state index in [1.807, 2.05) is 0 Å². The third-order valence-electron chi connectivity index (χ3n) is 4.17. The van der Waals surface area contributed by atoms with E-state index in [-0.39, 0.29) is 30.2 Å². The number of anilines is 1. The highest BCUT2D eigenvalue weighted by molar-refractivity contribution is 5.92. The van der Waals surface area contributed by atoms with Crippen molar-refractivity contribution in [3.8, 4) is 0 Å². The van der Waals surface area contributed by atoms with Crippen molar-refractivity contribution in [3.63, 3.8) is 0 Å². The van der Waals surface area contributed by atoms with E-state index in [9.17, 15) is 9.18 Å². The average Bonchev–Trinajstić information content (AvgIpc) is 2.44. The van der Waals surface area contributed by atoms with E-state index in [1.165, 1.54) is 6.07 Å². The van der Waals surface area contributed by atoms with Crippen molar-refractivity contribution in [2.24, 2.45) is 11.7 Å². The molecule has 1 fully saturated rings. The lowest BCUT2D eigenvalue weighted by molar-refractivity contribution is -0.118. The monoisotopic (exact) mass is 329 g/mol. The highest BCUT2D eigenvalue weighted by atomic mass is 35.5. The number of likely N-dealkylation sites (tertiary alicyclic amines) is 1. The molecule has 3 N–H and O–H groups in total. The summed E-state index contributed by atoms with van der Waals surface area (Å²) in [6, 6.07) is 4.99. The summed E-state index contributed by atoms with van der Waals surface area (Å²) in [5.74, 6) is 0.231. The number of rotatable bonds is 4. The Balaban J connectivity index is 0.00000242. The maximum Gasteiger partial charge on any atom is 0.238 e. The lowest BCUT2D eigenvalue weighted by atomic mass is 9.92. The average molecular weight is 330 g/mol. The Morgan fingerprint density at radius 1 is 1.50 bits per heavy atom. The molecule has 0 spiro atoms. The number of nitrogens with two attached hydrogens (primary N) is 1. The van der Waals surface area contributed by atoms with Crippen LogP contribution in [0.1, 0.15) is 25.3 Å². The van der Waals surface area contributed by atoms with Crippen molar-refractivity contribution in [1.29, 1.82) is 0 Å². The van der Waals surface area contributed by atoms with Gasteiger partial charge in [-0.2, -0.15) is 0 Å². The van der Waals surface area contributed by atoms with E-state index < -0.39 is 0 Å². The highest BCUT2D eigenvalue weighted by Crippen LogP contribution is 2.21. The van der Waals surface area contributed by atoms with Crippen molar-refractivity contribution in [1.82, 2.24) is 4.90 Å². The Labute approximate surface area is 137 Å². The van der Waals surface area contributed by atoms with Crippen LogP contribution < -0.4 is 11.1 Å². The molecule has 2 rings (SSSR count). The van der Waals surface area contributed by atoms with Crippen molar-refractivity contribution in [3.05, 3.63) is 29.6 Å². The van der Waals surface area contributed by atoms with E-state index in [4.69, 9.17) is 5.73 Å². The number of amides is 1. The predicted octanol–water partition coefficient (Wildman–Crippen LogP) is 2.55. The molecule has 124 valence electrons. The Morgan fingerprint density at radius 2 is 2.23 bits per heavy atom. The molecule has 0 aromatic heterocycles. The first kappa shape index (κ1) is 18.9. The molecule has 0 saturated carbocycles. The molecule has 1 aromatic carbocycles. The number of hydrogen-bond acceptors (Lipinski definition) is 3. The quantitative estimate of drug-likeness (QED) is 0.892. The standard InChI is InChI=1S/C16H24FN3O.ClH/c1-11-5-6-20(14(7-11)9-18)10-16(21)19-13-4-3-12(2)15(17)8-13;/h3-4,8,11,14H,5-7,9-10,18H2,1-2H3,(H,19,21);1H. The van der Waals surface area contributed by atoms with Crippen LogP contribution >= 0.6 is 12.4 Å². The van der Waals surface area contributed by atoms with Crippen molar-refractivity contribution in [2.75, 3.05) is 25.0 Å². The second kappa shape index (κ2) is 8.46. The van der Waals surface area contributed by atoms with Gasteiger partial charge < -0.3 is 11.1 Å². The van der Waals surface area contributed by atoms with E-state index in [1.54, 1.807) is 19.1 Å². The minimum atomic E-state index is -0.306. The fraction of sp³-hybridized carbons (Fsp3) is 0.562. The van der Waals surface area contributed by atoms with E-state index >= 15 is 0 Å². The molecular weight excluding hydrogens is 305 g/mol. The van der Waals surface area contributed by atoms with Gasteiger partial charge in [-0.3, -0.25) is 9.69 Å². The van der Waals surface area contributed by atoms with Gasteiger partial charge in [-0.25, -0.2) is 4.39 Å². The van der Waals surface area contributed by atoms with Gasteiger partial charge >= 0.3 is 0 Å². The van der Waals surface area contributed by atoms with E-state index in [2.05, 4.69) is 17.1 Å². The van der Waals surface area contributed by atoms with Gasteiger partial charge in [0.25, 0.3) is 0 Å². The number of carbonyl (C=O) groups is 1. The van der Waals surface area contributed by atoms with E-state index in [0.29, 0.717) is 30.3 Å². The van der Waals surface area contributed by atoms with Crippen LogP contribution in [0.4, 0.5) is 10.1 Å². The van der Waals surface area contributed by atoms with Crippen LogP contribution in [-0.2, 0) is 4.79 Å². The largest absolute Gasteiger partial charge is 0.329 e. The van der Waals surface area contributed by atoms with Gasteiger partial charge in [0, 0.05) is 18.3 Å². The van der Waals surface area contributed by atoms with Crippen LogP contribution in [0, 0.1) is 18.7 Å². The van der Waals surface area contributed by atoms with Gasteiger partial charge in [0.2, 0.25) is 5.91 Å². The predicted molar refractivity (Wildman–Crippen MR) is 89.8 cm³/mol. The van der Waals surface area contributed by atoms with Crippen LogP contribution in [0.15, 0.2) is 18.2 Å². The van der Waals surface area contributed by atoms with Gasteiger partial charge in [-0.05, 0) is 49.9 Å². The summed E-state index contributed by atoms with van der Waals surface area (Å²) in [5, 5.41) is 2.75. The molecule has 22 heavy (non-hydrogen) atoms. The van der Waals surface area contributed by atoms with E-state index in [0.717, 1.165) is 19.4 Å². The number of nitrogens with one attached hydrogen (secondary N) is 1. The van der Waals surface area contributed by atoms with Crippen LogP contribution in [0.25, 0.3) is 0 Å². The number of halogens is 2. The lowest BCUT2D eigenvalue weighted by Gasteiger charge is -2.37. The molecule has 4 nitrogen and oxygen atoms in total. The van der Waals surface area contributed by atoms with Gasteiger partial charge in [0.15, 0.2) is 0 Å². The number of hydrogen-bond donors (Lipinski definition) is 2. The Morgan fingerprint density at radius 3 is 2.86 bits per heavy atom. The molecule has 0 aliphatic carbocycles. The lowest BCUT2D eigenvalue weighted by Crippen LogP contribution is -2.49. The maximum atomic E-state index is 13.5. The third kappa shape index (κ3) is 4.93. The molecule has 1 aliphatic rings. The molecule has 0 radical (unpaired) electrons. The molecule has 2 unspecified atom stereocenters. The molecule has 2 atom stereocenters. The number of benzene rings is 1. The summed E-state index contributed by atoms with van der Waals surface area (Å²) < 4.78 is 13.5. The molecule has 0 bridgehead atoms. The second-order valence-electron chi connectivity index (χ2n) is 6.00. The van der Waals surface area contributed by atoms with Gasteiger partial charge in [-0.15, -0.1) is 12.4 Å². The first-order chi connectivity index (χ1) is 9.99. The highest BCUT2D eigenvalue weighted by Gasteiger charge is 2.26. The van der Waals surface area contributed by atoms with Crippen molar-refractivity contribution >= 4 is 24.0 Å². The summed E-state index contributed by atoms with van der Waals surface area (Å²) in [6.07, 6.45) is 2.12. The van der Waals surface area contributed by atoms with Crippen LogP contribution in [0.3, 0.4) is 0 Å².